The zero-order valence-electron chi connectivity index (χ0n) is 10.5. The van der Waals surface area contributed by atoms with Crippen LogP contribution in [0.4, 0.5) is 11.5 Å². The summed E-state index contributed by atoms with van der Waals surface area (Å²) in [6.45, 7) is 2.74. The molecular formula is C14H16BrN3. The van der Waals surface area contributed by atoms with Crippen LogP contribution in [-0.2, 0) is 6.54 Å². The Morgan fingerprint density at radius 3 is 2.72 bits per heavy atom. The van der Waals surface area contributed by atoms with Crippen molar-refractivity contribution < 1.29 is 0 Å². The molecule has 0 fully saturated rings. The lowest BCUT2D eigenvalue weighted by Gasteiger charge is -2.19. The number of benzene rings is 1. The van der Waals surface area contributed by atoms with Crippen LogP contribution in [0, 0.1) is 6.92 Å². The van der Waals surface area contributed by atoms with Crippen LogP contribution >= 0.6 is 15.9 Å². The fourth-order valence-electron chi connectivity index (χ4n) is 1.76. The molecule has 2 rings (SSSR count). The van der Waals surface area contributed by atoms with Crippen molar-refractivity contribution in [3.05, 3.63) is 52.1 Å². The van der Waals surface area contributed by atoms with Crippen molar-refractivity contribution in [2.24, 2.45) is 0 Å². The third-order valence-corrected chi connectivity index (χ3v) is 3.31. The average Bonchev–Trinajstić information content (AvgIpc) is 2.32. The lowest BCUT2D eigenvalue weighted by atomic mass is 10.2. The van der Waals surface area contributed by atoms with Crippen LogP contribution in [0.3, 0.4) is 0 Å². The second-order valence-corrected chi connectivity index (χ2v) is 5.25. The Morgan fingerprint density at radius 1 is 1.28 bits per heavy atom. The van der Waals surface area contributed by atoms with Crippen molar-refractivity contribution in [1.29, 1.82) is 0 Å². The summed E-state index contributed by atoms with van der Waals surface area (Å²) in [5.74, 6) is 0.932. The first-order chi connectivity index (χ1) is 8.56. The lowest BCUT2D eigenvalue weighted by molar-refractivity contribution is 0.892. The van der Waals surface area contributed by atoms with E-state index in [4.69, 9.17) is 5.73 Å². The SMILES string of the molecule is Cc1nc(N(C)Cc2cccc(Br)c2)ccc1N. The van der Waals surface area contributed by atoms with E-state index in [2.05, 4.69) is 37.9 Å². The number of aryl methyl sites for hydroxylation is 1. The minimum atomic E-state index is 0.731. The van der Waals surface area contributed by atoms with Crippen molar-refractivity contribution in [2.45, 2.75) is 13.5 Å². The van der Waals surface area contributed by atoms with E-state index in [9.17, 15) is 0 Å². The van der Waals surface area contributed by atoms with Crippen molar-refractivity contribution in [2.75, 3.05) is 17.7 Å². The highest BCUT2D eigenvalue weighted by Crippen LogP contribution is 2.18. The van der Waals surface area contributed by atoms with Gasteiger partial charge in [0.2, 0.25) is 0 Å². The molecule has 2 N–H and O–H groups in total. The van der Waals surface area contributed by atoms with E-state index in [0.29, 0.717) is 0 Å². The molecule has 0 amide bonds. The van der Waals surface area contributed by atoms with Gasteiger partial charge in [0.1, 0.15) is 5.82 Å². The predicted molar refractivity (Wildman–Crippen MR) is 79.6 cm³/mol. The largest absolute Gasteiger partial charge is 0.397 e. The maximum Gasteiger partial charge on any atom is 0.128 e. The number of halogens is 1. The summed E-state index contributed by atoms with van der Waals surface area (Å²) in [4.78, 5) is 6.59. The van der Waals surface area contributed by atoms with E-state index in [1.807, 2.05) is 38.2 Å². The number of nitrogen functional groups attached to an aromatic ring is 1. The van der Waals surface area contributed by atoms with E-state index in [-0.39, 0.29) is 0 Å². The summed E-state index contributed by atoms with van der Waals surface area (Å²) in [6, 6.07) is 12.1. The molecule has 0 atom stereocenters. The number of pyridine rings is 1. The standard InChI is InChI=1S/C14H16BrN3/c1-10-13(16)6-7-14(17-10)18(2)9-11-4-3-5-12(15)8-11/h3-8H,9,16H2,1-2H3. The summed E-state index contributed by atoms with van der Waals surface area (Å²) in [5.41, 5.74) is 8.61. The molecule has 0 aliphatic heterocycles. The van der Waals surface area contributed by atoms with E-state index in [1.54, 1.807) is 0 Å². The van der Waals surface area contributed by atoms with Gasteiger partial charge in [-0.15, -0.1) is 0 Å². The number of hydrogen-bond acceptors (Lipinski definition) is 3. The highest BCUT2D eigenvalue weighted by molar-refractivity contribution is 9.10. The van der Waals surface area contributed by atoms with Crippen molar-refractivity contribution in [3.63, 3.8) is 0 Å². The fraction of sp³-hybridized carbons (Fsp3) is 0.214. The van der Waals surface area contributed by atoms with Gasteiger partial charge in [-0.05, 0) is 36.8 Å². The first kappa shape index (κ1) is 12.9. The number of hydrogen-bond donors (Lipinski definition) is 1. The summed E-state index contributed by atoms with van der Waals surface area (Å²) >= 11 is 3.48. The Kier molecular flexibility index (Phi) is 3.87. The van der Waals surface area contributed by atoms with Gasteiger partial charge in [0.15, 0.2) is 0 Å². The summed E-state index contributed by atoms with van der Waals surface area (Å²) in [6.07, 6.45) is 0. The van der Waals surface area contributed by atoms with E-state index < -0.39 is 0 Å². The summed E-state index contributed by atoms with van der Waals surface area (Å²) in [7, 11) is 2.03. The first-order valence-electron chi connectivity index (χ1n) is 5.75. The van der Waals surface area contributed by atoms with Crippen molar-refractivity contribution in [1.82, 2.24) is 4.98 Å². The van der Waals surface area contributed by atoms with Crippen LogP contribution < -0.4 is 10.6 Å². The maximum atomic E-state index is 5.77. The van der Waals surface area contributed by atoms with Crippen LogP contribution in [0.15, 0.2) is 40.9 Å². The van der Waals surface area contributed by atoms with Gasteiger partial charge in [0.25, 0.3) is 0 Å². The normalized spacial score (nSPS) is 10.4. The quantitative estimate of drug-likeness (QED) is 0.945. The third kappa shape index (κ3) is 3.01. The Hall–Kier alpha value is -1.55. The first-order valence-corrected chi connectivity index (χ1v) is 6.54. The van der Waals surface area contributed by atoms with Gasteiger partial charge in [-0.2, -0.15) is 0 Å². The number of aromatic nitrogens is 1. The highest BCUT2D eigenvalue weighted by atomic mass is 79.9. The van der Waals surface area contributed by atoms with E-state index in [0.717, 1.165) is 28.2 Å². The molecule has 0 bridgehead atoms. The highest BCUT2D eigenvalue weighted by Gasteiger charge is 2.05. The molecule has 1 aromatic carbocycles. The monoisotopic (exact) mass is 305 g/mol. The number of anilines is 2. The van der Waals surface area contributed by atoms with Crippen LogP contribution in [-0.4, -0.2) is 12.0 Å². The Labute approximate surface area is 116 Å². The molecule has 0 saturated carbocycles. The van der Waals surface area contributed by atoms with Gasteiger partial charge < -0.3 is 10.6 Å². The molecule has 1 aromatic heterocycles. The molecule has 0 aliphatic rings. The van der Waals surface area contributed by atoms with E-state index in [1.165, 1.54) is 5.56 Å². The fourth-order valence-corrected chi connectivity index (χ4v) is 2.21. The maximum absolute atomic E-state index is 5.77. The van der Waals surface area contributed by atoms with Crippen LogP contribution in [0.5, 0.6) is 0 Å². The number of nitrogens with two attached hydrogens (primary N) is 1. The molecule has 18 heavy (non-hydrogen) atoms. The van der Waals surface area contributed by atoms with Gasteiger partial charge in [0, 0.05) is 18.1 Å². The van der Waals surface area contributed by atoms with Gasteiger partial charge in [-0.1, -0.05) is 28.1 Å². The van der Waals surface area contributed by atoms with Crippen LogP contribution in [0.1, 0.15) is 11.3 Å². The minimum Gasteiger partial charge on any atom is -0.397 e. The molecule has 0 radical (unpaired) electrons. The second-order valence-electron chi connectivity index (χ2n) is 4.33. The molecule has 0 saturated heterocycles. The molecule has 3 nitrogen and oxygen atoms in total. The molecule has 0 spiro atoms. The summed E-state index contributed by atoms with van der Waals surface area (Å²) < 4.78 is 1.09. The predicted octanol–water partition coefficient (Wildman–Crippen LogP) is 3.37. The third-order valence-electron chi connectivity index (χ3n) is 2.81. The van der Waals surface area contributed by atoms with Gasteiger partial charge in [-0.25, -0.2) is 4.98 Å². The van der Waals surface area contributed by atoms with Gasteiger partial charge >= 0.3 is 0 Å². The smallest absolute Gasteiger partial charge is 0.128 e. The molecular weight excluding hydrogens is 290 g/mol. The topological polar surface area (TPSA) is 42.2 Å². The van der Waals surface area contributed by atoms with Gasteiger partial charge in [0.05, 0.1) is 11.4 Å². The van der Waals surface area contributed by atoms with Crippen LogP contribution in [0.2, 0.25) is 0 Å². The molecule has 0 unspecified atom stereocenters. The molecule has 4 heteroatoms. The zero-order valence-corrected chi connectivity index (χ0v) is 12.1. The minimum absolute atomic E-state index is 0.731. The van der Waals surface area contributed by atoms with Crippen molar-refractivity contribution >= 4 is 27.4 Å². The lowest BCUT2D eigenvalue weighted by Crippen LogP contribution is -2.18. The Morgan fingerprint density at radius 2 is 2.06 bits per heavy atom. The van der Waals surface area contributed by atoms with E-state index >= 15 is 0 Å². The molecule has 94 valence electrons. The van der Waals surface area contributed by atoms with Crippen LogP contribution in [0.25, 0.3) is 0 Å². The second kappa shape index (κ2) is 5.40. The van der Waals surface area contributed by atoms with Gasteiger partial charge in [-0.3, -0.25) is 0 Å². The molecule has 2 aromatic rings. The number of rotatable bonds is 3. The Balaban J connectivity index is 2.16. The zero-order chi connectivity index (χ0) is 13.1. The Bertz CT molecular complexity index is 554. The van der Waals surface area contributed by atoms with Crippen molar-refractivity contribution in [3.8, 4) is 0 Å². The number of nitrogens with zero attached hydrogens (tertiary/aromatic N) is 2. The molecule has 1 heterocycles. The average molecular weight is 306 g/mol. The molecule has 0 aliphatic carbocycles. The summed E-state index contributed by atoms with van der Waals surface area (Å²) in [5, 5.41) is 0.